The number of aliphatic hydroxyl groups is 1. The molecule has 1 rings (SSSR count). The monoisotopic (exact) mass is 252 g/mol. The van der Waals surface area contributed by atoms with E-state index in [0.29, 0.717) is 12.0 Å². The Bertz CT molecular complexity index is 448. The molecule has 0 heterocycles. The van der Waals surface area contributed by atoms with Crippen LogP contribution in [0.1, 0.15) is 24.2 Å². The van der Waals surface area contributed by atoms with Gasteiger partial charge in [0.1, 0.15) is 12.0 Å². The van der Waals surface area contributed by atoms with Crippen molar-refractivity contribution in [2.24, 2.45) is 5.92 Å². The molecule has 0 saturated heterocycles. The first-order chi connectivity index (χ1) is 8.49. The maximum Gasteiger partial charge on any atom is 0.293 e. The van der Waals surface area contributed by atoms with Crippen molar-refractivity contribution in [1.82, 2.24) is 0 Å². The van der Waals surface area contributed by atoms with Crippen molar-refractivity contribution in [3.05, 3.63) is 33.9 Å². The number of rotatable bonds is 6. The second-order valence-corrected chi connectivity index (χ2v) is 4.24. The Labute approximate surface area is 105 Å². The SMILES string of the molecule is CC(CO)C(C)Nc1ccc(C=O)cc1[N+](=O)[O-]. The largest absolute Gasteiger partial charge is 0.396 e. The normalized spacial score (nSPS) is 13.7. The number of aldehydes is 1. The zero-order valence-corrected chi connectivity index (χ0v) is 10.3. The number of hydrogen-bond acceptors (Lipinski definition) is 5. The number of carbonyl (C=O) groups is 1. The third-order valence-electron chi connectivity index (χ3n) is 2.88. The molecule has 0 saturated carbocycles. The molecule has 0 aliphatic rings. The zero-order valence-electron chi connectivity index (χ0n) is 10.3. The highest BCUT2D eigenvalue weighted by Gasteiger charge is 2.18. The second-order valence-electron chi connectivity index (χ2n) is 4.24. The fourth-order valence-corrected chi connectivity index (χ4v) is 1.44. The molecule has 6 heteroatoms. The van der Waals surface area contributed by atoms with Crippen LogP contribution in [0.15, 0.2) is 18.2 Å². The number of nitro benzene ring substituents is 1. The van der Waals surface area contributed by atoms with Gasteiger partial charge in [-0.2, -0.15) is 0 Å². The van der Waals surface area contributed by atoms with Gasteiger partial charge >= 0.3 is 0 Å². The van der Waals surface area contributed by atoms with Crippen LogP contribution in [-0.4, -0.2) is 29.0 Å². The Morgan fingerprint density at radius 2 is 2.17 bits per heavy atom. The molecule has 6 nitrogen and oxygen atoms in total. The third-order valence-corrected chi connectivity index (χ3v) is 2.88. The van der Waals surface area contributed by atoms with Crippen LogP contribution < -0.4 is 5.32 Å². The number of nitrogens with zero attached hydrogens (tertiary/aromatic N) is 1. The summed E-state index contributed by atoms with van der Waals surface area (Å²) < 4.78 is 0. The highest BCUT2D eigenvalue weighted by Crippen LogP contribution is 2.26. The van der Waals surface area contributed by atoms with E-state index in [1.54, 1.807) is 0 Å². The summed E-state index contributed by atoms with van der Waals surface area (Å²) in [6, 6.07) is 4.13. The lowest BCUT2D eigenvalue weighted by molar-refractivity contribution is -0.384. The molecule has 2 N–H and O–H groups in total. The van der Waals surface area contributed by atoms with Crippen LogP contribution in [0.25, 0.3) is 0 Å². The molecule has 98 valence electrons. The lowest BCUT2D eigenvalue weighted by Gasteiger charge is -2.20. The first-order valence-corrected chi connectivity index (χ1v) is 5.60. The van der Waals surface area contributed by atoms with Crippen LogP contribution >= 0.6 is 0 Å². The average Bonchev–Trinajstić information content (AvgIpc) is 2.37. The standard InChI is InChI=1S/C12H16N2O4/c1-8(6-15)9(2)13-11-4-3-10(7-16)5-12(11)14(17)18/h3-5,7-9,13,15H,6H2,1-2H3. The fraction of sp³-hybridized carbons (Fsp3) is 0.417. The molecule has 0 spiro atoms. The lowest BCUT2D eigenvalue weighted by Crippen LogP contribution is -2.26. The van der Waals surface area contributed by atoms with Crippen LogP contribution in [0, 0.1) is 16.0 Å². The van der Waals surface area contributed by atoms with Gasteiger partial charge in [0.25, 0.3) is 5.69 Å². The van der Waals surface area contributed by atoms with E-state index in [9.17, 15) is 14.9 Å². The molecule has 0 bridgehead atoms. The van der Waals surface area contributed by atoms with E-state index in [1.165, 1.54) is 18.2 Å². The van der Waals surface area contributed by atoms with Gasteiger partial charge in [0.2, 0.25) is 0 Å². The molecule has 0 radical (unpaired) electrons. The number of anilines is 1. The number of benzene rings is 1. The van der Waals surface area contributed by atoms with E-state index in [0.717, 1.165) is 0 Å². The lowest BCUT2D eigenvalue weighted by atomic mass is 10.0. The van der Waals surface area contributed by atoms with E-state index < -0.39 is 4.92 Å². The fourth-order valence-electron chi connectivity index (χ4n) is 1.44. The summed E-state index contributed by atoms with van der Waals surface area (Å²) in [5, 5.41) is 22.9. The van der Waals surface area contributed by atoms with Crippen molar-refractivity contribution in [1.29, 1.82) is 0 Å². The van der Waals surface area contributed by atoms with Crippen LogP contribution in [0.4, 0.5) is 11.4 Å². The van der Waals surface area contributed by atoms with E-state index >= 15 is 0 Å². The summed E-state index contributed by atoms with van der Waals surface area (Å²) in [5.41, 5.74) is 0.463. The predicted octanol–water partition coefficient (Wildman–Crippen LogP) is 1.84. The van der Waals surface area contributed by atoms with Gasteiger partial charge in [-0.05, 0) is 25.0 Å². The van der Waals surface area contributed by atoms with Gasteiger partial charge in [-0.3, -0.25) is 14.9 Å². The van der Waals surface area contributed by atoms with Crippen molar-refractivity contribution >= 4 is 17.7 Å². The minimum Gasteiger partial charge on any atom is -0.396 e. The van der Waals surface area contributed by atoms with Crippen molar-refractivity contribution in [3.63, 3.8) is 0 Å². The highest BCUT2D eigenvalue weighted by atomic mass is 16.6. The van der Waals surface area contributed by atoms with E-state index in [2.05, 4.69) is 5.32 Å². The maximum atomic E-state index is 10.9. The number of nitro groups is 1. The van der Waals surface area contributed by atoms with Gasteiger partial charge in [0, 0.05) is 24.3 Å². The van der Waals surface area contributed by atoms with Gasteiger partial charge < -0.3 is 10.4 Å². The predicted molar refractivity (Wildman–Crippen MR) is 67.8 cm³/mol. The van der Waals surface area contributed by atoms with Gasteiger partial charge in [-0.25, -0.2) is 0 Å². The van der Waals surface area contributed by atoms with Crippen molar-refractivity contribution in [3.8, 4) is 0 Å². The summed E-state index contributed by atoms with van der Waals surface area (Å²) in [7, 11) is 0. The second kappa shape index (κ2) is 6.11. The molecule has 0 amide bonds. The van der Waals surface area contributed by atoms with Crippen molar-refractivity contribution in [2.45, 2.75) is 19.9 Å². The van der Waals surface area contributed by atoms with E-state index in [-0.39, 0.29) is 29.8 Å². The van der Waals surface area contributed by atoms with Gasteiger partial charge in [0.15, 0.2) is 0 Å². The Morgan fingerprint density at radius 1 is 1.50 bits per heavy atom. The molecule has 1 aromatic carbocycles. The van der Waals surface area contributed by atoms with Gasteiger partial charge in [-0.1, -0.05) is 6.92 Å². The average molecular weight is 252 g/mol. The molecular formula is C12H16N2O4. The molecule has 2 atom stereocenters. The number of nitrogens with one attached hydrogen (secondary N) is 1. The van der Waals surface area contributed by atoms with Crippen molar-refractivity contribution < 1.29 is 14.8 Å². The van der Waals surface area contributed by atoms with Gasteiger partial charge in [-0.15, -0.1) is 0 Å². The summed E-state index contributed by atoms with van der Waals surface area (Å²) in [6.45, 7) is 3.66. The minimum absolute atomic E-state index is 0.00557. The molecule has 0 fully saturated rings. The first kappa shape index (κ1) is 14.1. The van der Waals surface area contributed by atoms with E-state index in [1.807, 2.05) is 13.8 Å². The molecule has 0 aliphatic carbocycles. The molecule has 18 heavy (non-hydrogen) atoms. The summed E-state index contributed by atoms with van der Waals surface area (Å²) in [4.78, 5) is 21.0. The maximum absolute atomic E-state index is 10.9. The molecule has 2 unspecified atom stereocenters. The Balaban J connectivity index is 3.01. The Hall–Kier alpha value is -1.95. The Morgan fingerprint density at radius 3 is 2.67 bits per heavy atom. The van der Waals surface area contributed by atoms with Crippen LogP contribution in [-0.2, 0) is 0 Å². The quantitative estimate of drug-likeness (QED) is 0.458. The number of carbonyl (C=O) groups excluding carboxylic acids is 1. The van der Waals surface area contributed by atoms with E-state index in [4.69, 9.17) is 5.11 Å². The number of aliphatic hydroxyl groups excluding tert-OH is 1. The molecular weight excluding hydrogens is 236 g/mol. The van der Waals surface area contributed by atoms with Crippen LogP contribution in [0.5, 0.6) is 0 Å². The summed E-state index contributed by atoms with van der Waals surface area (Å²) >= 11 is 0. The highest BCUT2D eigenvalue weighted by molar-refractivity contribution is 5.79. The zero-order chi connectivity index (χ0) is 13.7. The minimum atomic E-state index is -0.536. The Kier molecular flexibility index (Phi) is 4.79. The molecule has 0 aliphatic heterocycles. The number of hydrogen-bond donors (Lipinski definition) is 2. The van der Waals surface area contributed by atoms with Crippen LogP contribution in [0.2, 0.25) is 0 Å². The third kappa shape index (κ3) is 3.27. The molecule has 0 aromatic heterocycles. The molecule has 1 aromatic rings. The van der Waals surface area contributed by atoms with Crippen molar-refractivity contribution in [2.75, 3.05) is 11.9 Å². The summed E-state index contributed by atoms with van der Waals surface area (Å²) in [5.74, 6) is -0.0321. The summed E-state index contributed by atoms with van der Waals surface area (Å²) in [6.07, 6.45) is 0.566. The first-order valence-electron chi connectivity index (χ1n) is 5.60. The topological polar surface area (TPSA) is 92.5 Å². The van der Waals surface area contributed by atoms with Gasteiger partial charge in [0.05, 0.1) is 4.92 Å². The van der Waals surface area contributed by atoms with Crippen LogP contribution in [0.3, 0.4) is 0 Å². The smallest absolute Gasteiger partial charge is 0.293 e.